The number of carbonyl (C=O) groups is 1. The van der Waals surface area contributed by atoms with Crippen molar-refractivity contribution in [3.63, 3.8) is 0 Å². The minimum atomic E-state index is -0.638. The minimum absolute atomic E-state index is 0.0560. The lowest BCUT2D eigenvalue weighted by molar-refractivity contribution is 0.00524. The Morgan fingerprint density at radius 1 is 1.00 bits per heavy atom. The Bertz CT molecular complexity index is 971. The molecular weight excluding hydrogens is 480 g/mol. The first-order chi connectivity index (χ1) is 15.8. The van der Waals surface area contributed by atoms with Gasteiger partial charge in [0.15, 0.2) is 5.69 Å². The van der Waals surface area contributed by atoms with E-state index < -0.39 is 11.6 Å². The number of ether oxygens (including phenoxy) is 1. The molecule has 0 aliphatic rings. The molecule has 1 N–H and O–H groups in total. The number of aromatic nitrogens is 1. The fourth-order valence-electron chi connectivity index (χ4n) is 3.85. The molecule has 0 amide bonds. The Balaban J connectivity index is 1.90. The van der Waals surface area contributed by atoms with E-state index in [-0.39, 0.29) is 17.5 Å². The third-order valence-corrected chi connectivity index (χ3v) is 5.82. The summed E-state index contributed by atoms with van der Waals surface area (Å²) in [5.74, 6) is -0.570. The topological polar surface area (TPSA) is 54.7 Å². The van der Waals surface area contributed by atoms with E-state index in [1.807, 2.05) is 37.5 Å². The van der Waals surface area contributed by atoms with E-state index in [0.717, 1.165) is 24.8 Å². The molecule has 3 aromatic rings. The molecule has 0 saturated carbocycles. The molecule has 0 fully saturated rings. The lowest BCUT2D eigenvalue weighted by Gasteiger charge is -2.32. The molecule has 2 aromatic carbocycles. The maximum atomic E-state index is 12.8. The van der Waals surface area contributed by atoms with Crippen LogP contribution in [0.15, 0.2) is 72.9 Å². The van der Waals surface area contributed by atoms with E-state index in [1.165, 1.54) is 11.1 Å². The minimum Gasteiger partial charge on any atom is -0.505 e. The summed E-state index contributed by atoms with van der Waals surface area (Å²) in [7, 11) is 0. The Hall–Kier alpha value is -2.57. The summed E-state index contributed by atoms with van der Waals surface area (Å²) in [6, 6.07) is 22.5. The van der Waals surface area contributed by atoms with Gasteiger partial charge >= 0.3 is 5.97 Å². The molecule has 0 bridgehead atoms. The molecule has 3 rings (SSSR count). The van der Waals surface area contributed by atoms with E-state index in [1.54, 1.807) is 12.3 Å². The zero-order valence-electron chi connectivity index (χ0n) is 19.6. The standard InChI is InChI=1S/C27H33BrN2O3/c1-27(2,3)33-26(32)25-24(31)15-17-29(25)20-23(14-16-28)30(18-21-10-6-4-7-11-21)19-22-12-8-5-9-13-22/h4-13,15,17,23,31H,14,16,18-20H2,1-3H3/t23-/m0/s1. The molecule has 0 radical (unpaired) electrons. The fraction of sp³-hybridized carbons (Fsp3) is 0.370. The van der Waals surface area contributed by atoms with Crippen molar-refractivity contribution in [2.45, 2.75) is 58.5 Å². The zero-order chi connectivity index (χ0) is 23.8. The Morgan fingerprint density at radius 3 is 2.03 bits per heavy atom. The largest absolute Gasteiger partial charge is 0.505 e. The summed E-state index contributed by atoms with van der Waals surface area (Å²) in [6.07, 6.45) is 2.64. The number of nitrogens with zero attached hydrogens (tertiary/aromatic N) is 2. The van der Waals surface area contributed by atoms with Gasteiger partial charge in [-0.25, -0.2) is 4.79 Å². The first-order valence-electron chi connectivity index (χ1n) is 11.3. The number of alkyl halides is 1. The normalized spacial score (nSPS) is 12.6. The molecule has 0 aliphatic carbocycles. The van der Waals surface area contributed by atoms with Gasteiger partial charge < -0.3 is 14.4 Å². The molecule has 0 spiro atoms. The third kappa shape index (κ3) is 7.47. The van der Waals surface area contributed by atoms with Gasteiger partial charge in [-0.1, -0.05) is 76.6 Å². The highest BCUT2D eigenvalue weighted by Gasteiger charge is 2.27. The number of esters is 1. The molecule has 6 heteroatoms. The van der Waals surface area contributed by atoms with Crippen LogP contribution in [-0.4, -0.2) is 37.5 Å². The van der Waals surface area contributed by atoms with Crippen LogP contribution in [0.25, 0.3) is 0 Å². The van der Waals surface area contributed by atoms with Gasteiger partial charge in [-0.05, 0) is 44.4 Å². The van der Waals surface area contributed by atoms with Crippen molar-refractivity contribution in [2.75, 3.05) is 5.33 Å². The smallest absolute Gasteiger partial charge is 0.359 e. The number of benzene rings is 2. The first kappa shape index (κ1) is 25.1. The molecule has 5 nitrogen and oxygen atoms in total. The molecule has 0 aliphatic heterocycles. The van der Waals surface area contributed by atoms with Crippen molar-refractivity contribution in [1.29, 1.82) is 0 Å². The van der Waals surface area contributed by atoms with Gasteiger partial charge in [-0.2, -0.15) is 0 Å². The third-order valence-electron chi connectivity index (χ3n) is 5.36. The molecule has 176 valence electrons. The second kappa shape index (κ2) is 11.5. The Kier molecular flexibility index (Phi) is 8.75. The van der Waals surface area contributed by atoms with Crippen LogP contribution in [0.4, 0.5) is 0 Å². The van der Waals surface area contributed by atoms with E-state index in [9.17, 15) is 9.90 Å². The summed E-state index contributed by atoms with van der Waals surface area (Å²) < 4.78 is 7.37. The van der Waals surface area contributed by atoms with E-state index in [0.29, 0.717) is 6.54 Å². The number of rotatable bonds is 10. The van der Waals surface area contributed by atoms with Crippen molar-refractivity contribution in [1.82, 2.24) is 9.47 Å². The average Bonchev–Trinajstić information content (AvgIpc) is 3.13. The van der Waals surface area contributed by atoms with Crippen LogP contribution in [0.2, 0.25) is 0 Å². The number of hydrogen-bond donors (Lipinski definition) is 1. The lowest BCUT2D eigenvalue weighted by Crippen LogP contribution is -2.38. The quantitative estimate of drug-likeness (QED) is 0.267. The van der Waals surface area contributed by atoms with Crippen molar-refractivity contribution in [2.24, 2.45) is 0 Å². The van der Waals surface area contributed by atoms with Crippen LogP contribution < -0.4 is 0 Å². The highest BCUT2D eigenvalue weighted by Crippen LogP contribution is 2.25. The van der Waals surface area contributed by atoms with Gasteiger partial charge in [-0.3, -0.25) is 4.90 Å². The van der Waals surface area contributed by atoms with E-state index in [4.69, 9.17) is 4.74 Å². The maximum absolute atomic E-state index is 12.8. The molecule has 1 atom stereocenters. The van der Waals surface area contributed by atoms with Gasteiger partial charge in [0.1, 0.15) is 11.4 Å². The van der Waals surface area contributed by atoms with Crippen molar-refractivity contribution >= 4 is 21.9 Å². The lowest BCUT2D eigenvalue weighted by atomic mass is 10.1. The number of aromatic hydroxyl groups is 1. The summed E-state index contributed by atoms with van der Waals surface area (Å²) in [5, 5.41) is 11.2. The Labute approximate surface area is 205 Å². The van der Waals surface area contributed by atoms with Gasteiger partial charge in [0.05, 0.1) is 0 Å². The summed E-state index contributed by atoms with van der Waals surface area (Å²) >= 11 is 3.62. The maximum Gasteiger partial charge on any atom is 0.359 e. The average molecular weight is 513 g/mol. The highest BCUT2D eigenvalue weighted by atomic mass is 79.9. The molecule has 0 saturated heterocycles. The van der Waals surface area contributed by atoms with Crippen LogP contribution in [0.1, 0.15) is 48.8 Å². The molecule has 0 unspecified atom stereocenters. The van der Waals surface area contributed by atoms with Crippen molar-refractivity contribution < 1.29 is 14.6 Å². The second-order valence-electron chi connectivity index (χ2n) is 9.21. The van der Waals surface area contributed by atoms with Gasteiger partial charge in [0, 0.05) is 37.2 Å². The van der Waals surface area contributed by atoms with Crippen molar-refractivity contribution in [3.05, 3.63) is 89.7 Å². The fourth-order valence-corrected chi connectivity index (χ4v) is 4.38. The second-order valence-corrected chi connectivity index (χ2v) is 10.0. The SMILES string of the molecule is CC(C)(C)OC(=O)c1c(O)ccn1C[C@H](CCBr)N(Cc1ccccc1)Cc1ccccc1. The van der Waals surface area contributed by atoms with Crippen LogP contribution in [-0.2, 0) is 24.4 Å². The number of carbonyl (C=O) groups excluding carboxylic acids is 1. The van der Waals surface area contributed by atoms with Crippen LogP contribution in [0.3, 0.4) is 0 Å². The summed E-state index contributed by atoms with van der Waals surface area (Å²) in [6.45, 7) is 7.59. The predicted octanol–water partition coefficient (Wildman–Crippen LogP) is 6.01. The zero-order valence-corrected chi connectivity index (χ0v) is 21.2. The van der Waals surface area contributed by atoms with Crippen LogP contribution >= 0.6 is 15.9 Å². The van der Waals surface area contributed by atoms with E-state index >= 15 is 0 Å². The molecule has 1 heterocycles. The molecular formula is C27H33BrN2O3. The van der Waals surface area contributed by atoms with Gasteiger partial charge in [0.25, 0.3) is 0 Å². The van der Waals surface area contributed by atoms with Crippen LogP contribution in [0, 0.1) is 0 Å². The van der Waals surface area contributed by atoms with E-state index in [2.05, 4.69) is 69.4 Å². The monoisotopic (exact) mass is 512 g/mol. The Morgan fingerprint density at radius 2 is 1.55 bits per heavy atom. The summed E-state index contributed by atoms with van der Waals surface area (Å²) in [5.41, 5.74) is 2.02. The molecule has 1 aromatic heterocycles. The predicted molar refractivity (Wildman–Crippen MR) is 136 cm³/mol. The molecule has 33 heavy (non-hydrogen) atoms. The number of halogens is 1. The van der Waals surface area contributed by atoms with Gasteiger partial charge in [0.2, 0.25) is 0 Å². The summed E-state index contributed by atoms with van der Waals surface area (Å²) in [4.78, 5) is 15.3. The van der Waals surface area contributed by atoms with Crippen LogP contribution in [0.5, 0.6) is 5.75 Å². The number of hydrogen-bond acceptors (Lipinski definition) is 4. The first-order valence-corrected chi connectivity index (χ1v) is 12.4. The van der Waals surface area contributed by atoms with Crippen molar-refractivity contribution in [3.8, 4) is 5.75 Å². The highest BCUT2D eigenvalue weighted by molar-refractivity contribution is 9.09. The van der Waals surface area contributed by atoms with Gasteiger partial charge in [-0.15, -0.1) is 0 Å².